The van der Waals surface area contributed by atoms with E-state index in [1.165, 1.54) is 6.39 Å². The first kappa shape index (κ1) is 24.3. The van der Waals surface area contributed by atoms with Crippen LogP contribution in [-0.4, -0.2) is 40.9 Å². The number of rotatable bonds is 10. The molecular formula is C22H22N6O5S2. The lowest BCUT2D eigenvalue weighted by molar-refractivity contribution is 0.0531. The first-order chi connectivity index (χ1) is 16.9. The van der Waals surface area contributed by atoms with Gasteiger partial charge in [0, 0.05) is 12.6 Å². The zero-order valence-electron chi connectivity index (χ0n) is 18.8. The summed E-state index contributed by atoms with van der Waals surface area (Å²) in [5, 5.41) is 6.73. The number of thiazole rings is 1. The second-order valence-electron chi connectivity index (χ2n) is 7.27. The van der Waals surface area contributed by atoms with Crippen molar-refractivity contribution in [3.05, 3.63) is 64.6 Å². The van der Waals surface area contributed by atoms with Crippen LogP contribution in [0.4, 0.5) is 16.9 Å². The summed E-state index contributed by atoms with van der Waals surface area (Å²) < 4.78 is 32.3. The fraction of sp³-hybridized carbons (Fsp3) is 0.227. The van der Waals surface area contributed by atoms with E-state index in [1.54, 1.807) is 38.2 Å². The fourth-order valence-corrected chi connectivity index (χ4v) is 4.46. The molecule has 0 radical (unpaired) electrons. The Hall–Kier alpha value is -3.84. The minimum Gasteiger partial charge on any atom is -0.462 e. The molecule has 4 rings (SSSR count). The van der Waals surface area contributed by atoms with E-state index in [0.717, 1.165) is 22.5 Å². The second-order valence-corrected chi connectivity index (χ2v) is 9.25. The predicted molar refractivity (Wildman–Crippen MR) is 131 cm³/mol. The summed E-state index contributed by atoms with van der Waals surface area (Å²) >= 11 is 1.15. The number of benzene rings is 1. The highest BCUT2D eigenvalue weighted by Gasteiger charge is 2.18. The van der Waals surface area contributed by atoms with Crippen molar-refractivity contribution >= 4 is 44.9 Å². The molecular weight excluding hydrogens is 492 g/mol. The number of aryl methyl sites for hydroxylation is 1. The third-order valence-corrected chi connectivity index (χ3v) is 6.37. The van der Waals surface area contributed by atoms with Crippen molar-refractivity contribution in [1.29, 1.82) is 0 Å². The first-order valence-corrected chi connectivity index (χ1v) is 12.7. The van der Waals surface area contributed by atoms with Gasteiger partial charge < -0.3 is 14.5 Å². The maximum Gasteiger partial charge on any atom is 0.350 e. The van der Waals surface area contributed by atoms with Gasteiger partial charge in [-0.2, -0.15) is 4.98 Å². The Bertz CT molecular complexity index is 1380. The number of esters is 1. The lowest BCUT2D eigenvalue weighted by Gasteiger charge is -2.10. The summed E-state index contributed by atoms with van der Waals surface area (Å²) in [4.78, 5) is 29.8. The van der Waals surface area contributed by atoms with Gasteiger partial charge in [0.2, 0.25) is 5.95 Å². The highest BCUT2D eigenvalue weighted by molar-refractivity contribution is 7.71. The van der Waals surface area contributed by atoms with Crippen molar-refractivity contribution in [2.75, 3.05) is 17.2 Å². The van der Waals surface area contributed by atoms with Gasteiger partial charge in [-0.3, -0.25) is 5.32 Å². The second kappa shape index (κ2) is 11.1. The van der Waals surface area contributed by atoms with Gasteiger partial charge in [0.25, 0.3) is 0 Å². The monoisotopic (exact) mass is 514 g/mol. The average molecular weight is 515 g/mol. The summed E-state index contributed by atoms with van der Waals surface area (Å²) in [5.74, 6) is 0.803. The Labute approximate surface area is 206 Å². The first-order valence-electron chi connectivity index (χ1n) is 10.5. The van der Waals surface area contributed by atoms with Crippen LogP contribution in [0.3, 0.4) is 0 Å². The zero-order chi connectivity index (χ0) is 24.8. The van der Waals surface area contributed by atoms with E-state index in [4.69, 9.17) is 9.15 Å². The molecule has 0 bridgehead atoms. The molecule has 0 atom stereocenters. The SMILES string of the molecule is CCOC(=O)c1sc(Nc2nc(NCc3ccc(C[SH](=O)=O)cc3)cc(-c3cnco3)n2)nc1C. The van der Waals surface area contributed by atoms with Crippen LogP contribution in [0, 0.1) is 6.92 Å². The quantitative estimate of drug-likeness (QED) is 0.211. The average Bonchev–Trinajstić information content (AvgIpc) is 3.48. The van der Waals surface area contributed by atoms with Crippen LogP contribution in [0.2, 0.25) is 0 Å². The van der Waals surface area contributed by atoms with Crippen LogP contribution in [0.5, 0.6) is 0 Å². The molecule has 0 fully saturated rings. The van der Waals surface area contributed by atoms with Crippen LogP contribution < -0.4 is 10.6 Å². The number of ether oxygens (including phenoxy) is 1. The van der Waals surface area contributed by atoms with Gasteiger partial charge in [0.15, 0.2) is 17.3 Å². The lowest BCUT2D eigenvalue weighted by atomic mass is 10.1. The third-order valence-electron chi connectivity index (χ3n) is 4.70. The van der Waals surface area contributed by atoms with Crippen LogP contribution in [-0.2, 0) is 27.7 Å². The number of thiol groups is 1. The molecule has 13 heteroatoms. The van der Waals surface area contributed by atoms with E-state index >= 15 is 0 Å². The van der Waals surface area contributed by atoms with Gasteiger partial charge in [-0.1, -0.05) is 35.6 Å². The van der Waals surface area contributed by atoms with Crippen molar-refractivity contribution in [2.24, 2.45) is 0 Å². The number of hydrogen-bond donors (Lipinski definition) is 3. The number of oxazole rings is 1. The molecule has 0 saturated heterocycles. The molecule has 0 saturated carbocycles. The van der Waals surface area contributed by atoms with Crippen LogP contribution in [0.15, 0.2) is 47.3 Å². The molecule has 35 heavy (non-hydrogen) atoms. The van der Waals surface area contributed by atoms with Crippen molar-refractivity contribution in [1.82, 2.24) is 19.9 Å². The topological polar surface area (TPSA) is 149 Å². The maximum absolute atomic E-state index is 12.1. The molecule has 0 amide bonds. The minimum absolute atomic E-state index is 0.0125. The Kier molecular flexibility index (Phi) is 7.67. The van der Waals surface area contributed by atoms with Crippen LogP contribution >= 0.6 is 11.3 Å². The summed E-state index contributed by atoms with van der Waals surface area (Å²) in [6.45, 7) is 4.19. The summed E-state index contributed by atoms with van der Waals surface area (Å²) in [7, 11) is -2.47. The molecule has 4 aromatic rings. The summed E-state index contributed by atoms with van der Waals surface area (Å²) in [5.41, 5.74) is 2.72. The molecule has 0 aliphatic heterocycles. The van der Waals surface area contributed by atoms with E-state index in [1.807, 2.05) is 12.1 Å². The summed E-state index contributed by atoms with van der Waals surface area (Å²) in [6.07, 6.45) is 2.85. The Balaban J connectivity index is 1.55. The molecule has 11 nitrogen and oxygen atoms in total. The molecule has 3 heterocycles. The largest absolute Gasteiger partial charge is 0.462 e. The lowest BCUT2D eigenvalue weighted by Crippen LogP contribution is -2.05. The highest BCUT2D eigenvalue weighted by Crippen LogP contribution is 2.27. The number of nitrogens with one attached hydrogen (secondary N) is 2. The van der Waals surface area contributed by atoms with Crippen molar-refractivity contribution in [2.45, 2.75) is 26.1 Å². The zero-order valence-corrected chi connectivity index (χ0v) is 20.6. The Morgan fingerprint density at radius 1 is 1.14 bits per heavy atom. The number of carbonyl (C=O) groups excluding carboxylic acids is 1. The minimum atomic E-state index is -2.47. The number of nitrogens with zero attached hydrogens (tertiary/aromatic N) is 4. The maximum atomic E-state index is 12.1. The molecule has 3 aromatic heterocycles. The Morgan fingerprint density at radius 2 is 1.91 bits per heavy atom. The van der Waals surface area contributed by atoms with Gasteiger partial charge in [-0.15, -0.1) is 0 Å². The van der Waals surface area contributed by atoms with Gasteiger partial charge in [-0.05, 0) is 25.0 Å². The molecule has 0 spiro atoms. The van der Waals surface area contributed by atoms with E-state index in [-0.39, 0.29) is 18.3 Å². The molecule has 0 aliphatic rings. The molecule has 0 aliphatic carbocycles. The van der Waals surface area contributed by atoms with E-state index in [0.29, 0.717) is 39.5 Å². The normalized spacial score (nSPS) is 10.9. The molecule has 0 unspecified atom stereocenters. The highest BCUT2D eigenvalue weighted by atomic mass is 32.2. The summed E-state index contributed by atoms with van der Waals surface area (Å²) in [6, 6.07) is 8.99. The van der Waals surface area contributed by atoms with Crippen molar-refractivity contribution in [3.8, 4) is 11.5 Å². The number of anilines is 3. The van der Waals surface area contributed by atoms with Gasteiger partial charge in [0.1, 0.15) is 27.1 Å². The van der Waals surface area contributed by atoms with Crippen molar-refractivity contribution < 1.29 is 22.4 Å². The van der Waals surface area contributed by atoms with Gasteiger partial charge in [-0.25, -0.2) is 28.2 Å². The molecule has 182 valence electrons. The standard InChI is InChI=1S/C22H22N6O5S2/c1-3-32-20(29)19-13(2)25-22(34-19)28-21-26-16(17-10-23-12-33-17)8-18(27-21)24-9-14-4-6-15(7-5-14)11-35(30)31/h4-8,10,12,35H,3,9,11H2,1-2H3,(H2,24,25,26,27,28). The number of aromatic nitrogens is 4. The fourth-order valence-electron chi connectivity index (χ4n) is 3.10. The van der Waals surface area contributed by atoms with E-state index < -0.39 is 16.7 Å². The van der Waals surface area contributed by atoms with Crippen LogP contribution in [0.1, 0.15) is 33.4 Å². The van der Waals surface area contributed by atoms with Gasteiger partial charge in [0.05, 0.1) is 24.3 Å². The van der Waals surface area contributed by atoms with E-state index in [9.17, 15) is 13.2 Å². The molecule has 1 aromatic carbocycles. The predicted octanol–water partition coefficient (Wildman–Crippen LogP) is 3.54. The Morgan fingerprint density at radius 3 is 2.60 bits per heavy atom. The third kappa shape index (κ3) is 6.39. The van der Waals surface area contributed by atoms with E-state index in [2.05, 4.69) is 30.6 Å². The van der Waals surface area contributed by atoms with Crippen molar-refractivity contribution in [3.63, 3.8) is 0 Å². The number of hydrogen-bond acceptors (Lipinski definition) is 12. The van der Waals surface area contributed by atoms with Gasteiger partial charge >= 0.3 is 5.97 Å². The molecule has 2 N–H and O–H groups in total. The smallest absolute Gasteiger partial charge is 0.350 e. The number of carbonyl (C=O) groups is 1. The van der Waals surface area contributed by atoms with Crippen LogP contribution in [0.25, 0.3) is 11.5 Å².